The van der Waals surface area contributed by atoms with Gasteiger partial charge in [0, 0.05) is 27.1 Å². The number of likely N-dealkylation sites (N-methyl/N-ethyl adjacent to an activating group) is 1. The molecule has 7 heteroatoms. The zero-order valence-corrected chi connectivity index (χ0v) is 18.7. The average Bonchev–Trinajstić information content (AvgIpc) is 2.94. The minimum absolute atomic E-state index is 0. The van der Waals surface area contributed by atoms with Crippen molar-refractivity contribution in [2.45, 2.75) is 13.0 Å². The van der Waals surface area contributed by atoms with Crippen LogP contribution in [0, 0.1) is 0 Å². The lowest BCUT2D eigenvalue weighted by atomic mass is 10.2. The molecule has 0 aromatic heterocycles. The number of hydrogen-bond donors (Lipinski definition) is 1. The lowest BCUT2D eigenvalue weighted by Crippen LogP contribution is -2.40. The Bertz CT molecular complexity index is 756. The van der Waals surface area contributed by atoms with Gasteiger partial charge in [-0.05, 0) is 29.8 Å². The fourth-order valence-corrected chi connectivity index (χ4v) is 2.81. The van der Waals surface area contributed by atoms with E-state index in [0.29, 0.717) is 26.4 Å². The second-order valence-corrected chi connectivity index (χ2v) is 6.32. The van der Waals surface area contributed by atoms with Gasteiger partial charge in [0.25, 0.3) is 0 Å². The first-order chi connectivity index (χ1) is 13.3. The SMILES string of the molecule is CN=C(NCc1ccc2c(c1)OCCCO2)N(C)CCOc1ccccc1.I. The fraction of sp³-hybridized carbons (Fsp3) is 0.381. The Hall–Kier alpha value is -2.16. The summed E-state index contributed by atoms with van der Waals surface area (Å²) >= 11 is 0. The first-order valence-corrected chi connectivity index (χ1v) is 9.24. The molecule has 1 aliphatic rings. The van der Waals surface area contributed by atoms with E-state index in [-0.39, 0.29) is 24.0 Å². The summed E-state index contributed by atoms with van der Waals surface area (Å²) in [5.74, 6) is 3.32. The highest BCUT2D eigenvalue weighted by atomic mass is 127. The van der Waals surface area contributed by atoms with Crippen LogP contribution in [0.4, 0.5) is 0 Å². The third-order valence-corrected chi connectivity index (χ3v) is 4.27. The molecule has 0 unspecified atom stereocenters. The minimum atomic E-state index is 0. The average molecular weight is 497 g/mol. The molecule has 0 atom stereocenters. The molecule has 0 saturated carbocycles. The van der Waals surface area contributed by atoms with Crippen molar-refractivity contribution in [1.29, 1.82) is 0 Å². The normalized spacial score (nSPS) is 13.1. The largest absolute Gasteiger partial charge is 0.492 e. The van der Waals surface area contributed by atoms with Crippen LogP contribution in [0.15, 0.2) is 53.5 Å². The van der Waals surface area contributed by atoms with E-state index in [0.717, 1.165) is 41.7 Å². The summed E-state index contributed by atoms with van der Waals surface area (Å²) in [6.45, 7) is 3.37. The molecule has 2 aromatic carbocycles. The smallest absolute Gasteiger partial charge is 0.193 e. The number of rotatable bonds is 6. The number of hydrogen-bond acceptors (Lipinski definition) is 4. The highest BCUT2D eigenvalue weighted by molar-refractivity contribution is 14.0. The Morgan fingerprint density at radius 3 is 2.61 bits per heavy atom. The number of benzene rings is 2. The van der Waals surface area contributed by atoms with Crippen LogP contribution in [0.2, 0.25) is 0 Å². The van der Waals surface area contributed by atoms with Crippen molar-refractivity contribution < 1.29 is 14.2 Å². The van der Waals surface area contributed by atoms with Crippen molar-refractivity contribution in [3.8, 4) is 17.2 Å². The summed E-state index contributed by atoms with van der Waals surface area (Å²) < 4.78 is 17.2. The summed E-state index contributed by atoms with van der Waals surface area (Å²) in [4.78, 5) is 6.40. The van der Waals surface area contributed by atoms with Crippen molar-refractivity contribution in [2.24, 2.45) is 4.99 Å². The van der Waals surface area contributed by atoms with Crippen LogP contribution >= 0.6 is 24.0 Å². The molecule has 0 radical (unpaired) electrons. The lowest BCUT2D eigenvalue weighted by Gasteiger charge is -2.22. The first-order valence-electron chi connectivity index (χ1n) is 9.24. The number of guanidine groups is 1. The summed E-state index contributed by atoms with van der Waals surface area (Å²) in [7, 11) is 3.78. The molecule has 1 heterocycles. The highest BCUT2D eigenvalue weighted by Gasteiger charge is 2.11. The lowest BCUT2D eigenvalue weighted by molar-refractivity contribution is 0.281. The van der Waals surface area contributed by atoms with Crippen LogP contribution in [-0.2, 0) is 6.54 Å². The number of aliphatic imine (C=N–C) groups is 1. The fourth-order valence-electron chi connectivity index (χ4n) is 2.81. The van der Waals surface area contributed by atoms with Gasteiger partial charge in [-0.15, -0.1) is 24.0 Å². The Morgan fingerprint density at radius 1 is 1.11 bits per heavy atom. The number of nitrogens with zero attached hydrogens (tertiary/aromatic N) is 2. The van der Waals surface area contributed by atoms with Gasteiger partial charge in [0.15, 0.2) is 17.5 Å². The molecule has 28 heavy (non-hydrogen) atoms. The van der Waals surface area contributed by atoms with Crippen LogP contribution in [0.3, 0.4) is 0 Å². The second-order valence-electron chi connectivity index (χ2n) is 6.32. The third kappa shape index (κ3) is 6.47. The van der Waals surface area contributed by atoms with Crippen molar-refractivity contribution in [3.63, 3.8) is 0 Å². The number of ether oxygens (including phenoxy) is 3. The van der Waals surface area contributed by atoms with Gasteiger partial charge in [0.2, 0.25) is 0 Å². The van der Waals surface area contributed by atoms with Gasteiger partial charge >= 0.3 is 0 Å². The molecular weight excluding hydrogens is 469 g/mol. The van der Waals surface area contributed by atoms with Crippen molar-refractivity contribution >= 4 is 29.9 Å². The Kier molecular flexibility index (Phi) is 9.19. The van der Waals surface area contributed by atoms with Crippen LogP contribution < -0.4 is 19.5 Å². The van der Waals surface area contributed by atoms with E-state index in [4.69, 9.17) is 14.2 Å². The van der Waals surface area contributed by atoms with Crippen LogP contribution in [0.25, 0.3) is 0 Å². The Balaban J connectivity index is 0.00000280. The van der Waals surface area contributed by atoms with Gasteiger partial charge in [-0.1, -0.05) is 24.3 Å². The van der Waals surface area contributed by atoms with E-state index < -0.39 is 0 Å². The maximum absolute atomic E-state index is 5.75. The van der Waals surface area contributed by atoms with Crippen molar-refractivity contribution in [3.05, 3.63) is 54.1 Å². The predicted octanol–water partition coefficient (Wildman–Crippen LogP) is 3.55. The van der Waals surface area contributed by atoms with E-state index in [1.807, 2.05) is 60.5 Å². The maximum Gasteiger partial charge on any atom is 0.193 e. The molecule has 1 aliphatic heterocycles. The van der Waals surface area contributed by atoms with Crippen LogP contribution in [0.5, 0.6) is 17.2 Å². The molecule has 6 nitrogen and oxygen atoms in total. The monoisotopic (exact) mass is 497 g/mol. The first kappa shape index (κ1) is 22.1. The number of fused-ring (bicyclic) bond motifs is 1. The van der Waals surface area contributed by atoms with E-state index >= 15 is 0 Å². The molecule has 2 aromatic rings. The third-order valence-electron chi connectivity index (χ3n) is 4.27. The molecule has 0 spiro atoms. The Morgan fingerprint density at radius 2 is 1.86 bits per heavy atom. The molecule has 0 saturated heterocycles. The van der Waals surface area contributed by atoms with Gasteiger partial charge in [0.05, 0.1) is 19.8 Å². The van der Waals surface area contributed by atoms with Gasteiger partial charge in [0.1, 0.15) is 12.4 Å². The zero-order valence-electron chi connectivity index (χ0n) is 16.4. The molecule has 1 N–H and O–H groups in total. The molecular formula is C21H28IN3O3. The Labute approximate surface area is 183 Å². The number of nitrogens with one attached hydrogen (secondary N) is 1. The van der Waals surface area contributed by atoms with E-state index in [1.165, 1.54) is 0 Å². The number of halogens is 1. The number of para-hydroxylation sites is 1. The van der Waals surface area contributed by atoms with E-state index in [9.17, 15) is 0 Å². The predicted molar refractivity (Wildman–Crippen MR) is 122 cm³/mol. The summed E-state index contributed by atoms with van der Waals surface area (Å²) in [5.41, 5.74) is 1.12. The van der Waals surface area contributed by atoms with Crippen LogP contribution in [-0.4, -0.2) is 51.3 Å². The molecule has 3 rings (SSSR count). The zero-order chi connectivity index (χ0) is 18.9. The topological polar surface area (TPSA) is 55.3 Å². The molecule has 0 fully saturated rings. The summed E-state index contributed by atoms with van der Waals surface area (Å²) in [5, 5.41) is 3.38. The molecule has 152 valence electrons. The highest BCUT2D eigenvalue weighted by Crippen LogP contribution is 2.30. The quantitative estimate of drug-likeness (QED) is 0.376. The second kappa shape index (κ2) is 11.6. The van der Waals surface area contributed by atoms with Gasteiger partial charge < -0.3 is 24.4 Å². The van der Waals surface area contributed by atoms with E-state index in [2.05, 4.69) is 10.3 Å². The van der Waals surface area contributed by atoms with Gasteiger partial charge in [-0.25, -0.2) is 0 Å². The molecule has 0 bridgehead atoms. The van der Waals surface area contributed by atoms with Gasteiger partial charge in [-0.2, -0.15) is 0 Å². The summed E-state index contributed by atoms with van der Waals surface area (Å²) in [6.07, 6.45) is 0.907. The van der Waals surface area contributed by atoms with Crippen molar-refractivity contribution in [1.82, 2.24) is 10.2 Å². The molecule has 0 aliphatic carbocycles. The maximum atomic E-state index is 5.75. The summed E-state index contributed by atoms with van der Waals surface area (Å²) in [6, 6.07) is 15.9. The minimum Gasteiger partial charge on any atom is -0.492 e. The van der Waals surface area contributed by atoms with Crippen molar-refractivity contribution in [2.75, 3.05) is 40.5 Å². The van der Waals surface area contributed by atoms with Gasteiger partial charge in [-0.3, -0.25) is 4.99 Å². The van der Waals surface area contributed by atoms with E-state index in [1.54, 1.807) is 7.05 Å². The standard InChI is InChI=1S/C21H27N3O3.HI/c1-22-21(24(2)11-14-25-18-7-4-3-5-8-18)23-16-17-9-10-19-20(15-17)27-13-6-12-26-19;/h3-5,7-10,15H,6,11-14,16H2,1-2H3,(H,22,23);1H. The van der Waals surface area contributed by atoms with Crippen LogP contribution in [0.1, 0.15) is 12.0 Å². The molecule has 0 amide bonds.